The maximum Gasteiger partial charge on any atom is 0.189 e. The first-order valence-electron chi connectivity index (χ1n) is 4.29. The number of rotatable bonds is 1. The Bertz CT molecular complexity index is 482. The van der Waals surface area contributed by atoms with Gasteiger partial charge >= 0.3 is 0 Å². The molecule has 0 spiro atoms. The predicted octanol–water partition coefficient (Wildman–Crippen LogP) is 2.24. The van der Waals surface area contributed by atoms with Crippen LogP contribution in [0.15, 0.2) is 23.4 Å². The van der Waals surface area contributed by atoms with Crippen molar-refractivity contribution in [3.05, 3.63) is 23.8 Å². The molecule has 0 unspecified atom stereocenters. The summed E-state index contributed by atoms with van der Waals surface area (Å²) in [6.45, 7) is 2.01. The highest BCUT2D eigenvalue weighted by Gasteiger charge is 2.05. The summed E-state index contributed by atoms with van der Waals surface area (Å²) < 4.78 is 0. The van der Waals surface area contributed by atoms with E-state index in [1.165, 1.54) is 11.8 Å². The minimum absolute atomic E-state index is 0.567. The Morgan fingerprint density at radius 3 is 2.79 bits per heavy atom. The van der Waals surface area contributed by atoms with Crippen molar-refractivity contribution in [1.82, 2.24) is 9.97 Å². The first kappa shape index (κ1) is 9.27. The molecule has 1 aromatic heterocycles. The minimum Gasteiger partial charge on any atom is -0.383 e. The Morgan fingerprint density at radius 2 is 2.07 bits per heavy atom. The molecule has 2 rings (SSSR count). The number of thioether (sulfide) groups is 1. The van der Waals surface area contributed by atoms with Gasteiger partial charge < -0.3 is 5.73 Å². The molecule has 4 heteroatoms. The molecular formula is C10H11N3S. The van der Waals surface area contributed by atoms with Gasteiger partial charge in [0.15, 0.2) is 5.16 Å². The van der Waals surface area contributed by atoms with E-state index in [0.717, 1.165) is 21.6 Å². The summed E-state index contributed by atoms with van der Waals surface area (Å²) in [5, 5.41) is 1.69. The van der Waals surface area contributed by atoms with E-state index in [0.29, 0.717) is 5.82 Å². The number of fused-ring (bicyclic) bond motifs is 1. The van der Waals surface area contributed by atoms with Crippen LogP contribution in [0.5, 0.6) is 0 Å². The van der Waals surface area contributed by atoms with Gasteiger partial charge in [-0.25, -0.2) is 9.97 Å². The lowest BCUT2D eigenvalue weighted by Crippen LogP contribution is -1.97. The van der Waals surface area contributed by atoms with Gasteiger partial charge in [-0.05, 0) is 24.8 Å². The number of nitrogens with two attached hydrogens (primary N) is 1. The molecule has 14 heavy (non-hydrogen) atoms. The monoisotopic (exact) mass is 205 g/mol. The van der Waals surface area contributed by atoms with Crippen LogP contribution in [0.1, 0.15) is 5.56 Å². The maximum atomic E-state index is 5.87. The van der Waals surface area contributed by atoms with Crippen molar-refractivity contribution >= 4 is 28.5 Å². The van der Waals surface area contributed by atoms with Crippen molar-refractivity contribution in [3.8, 4) is 0 Å². The van der Waals surface area contributed by atoms with Gasteiger partial charge in [-0.1, -0.05) is 23.9 Å². The smallest absolute Gasteiger partial charge is 0.189 e. The topological polar surface area (TPSA) is 51.8 Å². The van der Waals surface area contributed by atoms with E-state index in [4.69, 9.17) is 5.73 Å². The highest BCUT2D eigenvalue weighted by molar-refractivity contribution is 7.98. The van der Waals surface area contributed by atoms with Crippen LogP contribution < -0.4 is 5.73 Å². The van der Waals surface area contributed by atoms with Crippen molar-refractivity contribution < 1.29 is 0 Å². The van der Waals surface area contributed by atoms with Gasteiger partial charge in [-0.15, -0.1) is 0 Å². The van der Waals surface area contributed by atoms with Crippen LogP contribution in [0.3, 0.4) is 0 Å². The van der Waals surface area contributed by atoms with Gasteiger partial charge in [0.05, 0.1) is 5.52 Å². The molecule has 1 heterocycles. The third-order valence-corrected chi connectivity index (χ3v) is 2.67. The van der Waals surface area contributed by atoms with Gasteiger partial charge in [0.25, 0.3) is 0 Å². The molecule has 0 amide bonds. The highest BCUT2D eigenvalue weighted by atomic mass is 32.2. The fraction of sp³-hybridized carbons (Fsp3) is 0.200. The zero-order valence-electron chi connectivity index (χ0n) is 8.11. The number of nitrogens with zero attached hydrogens (tertiary/aromatic N) is 2. The third-order valence-electron chi connectivity index (χ3n) is 2.12. The van der Waals surface area contributed by atoms with Crippen LogP contribution in [0.25, 0.3) is 10.9 Å². The fourth-order valence-corrected chi connectivity index (χ4v) is 1.84. The molecule has 1 aromatic carbocycles. The van der Waals surface area contributed by atoms with E-state index in [2.05, 4.69) is 9.97 Å². The number of hydrogen-bond acceptors (Lipinski definition) is 4. The Kier molecular flexibility index (Phi) is 2.29. The normalized spacial score (nSPS) is 10.7. The van der Waals surface area contributed by atoms with E-state index in [1.54, 1.807) is 0 Å². The molecule has 0 atom stereocenters. The third kappa shape index (κ3) is 1.42. The molecular weight excluding hydrogens is 194 g/mol. The van der Waals surface area contributed by atoms with Crippen molar-refractivity contribution in [2.45, 2.75) is 12.1 Å². The van der Waals surface area contributed by atoms with E-state index in [1.807, 2.05) is 31.4 Å². The Labute approximate surface area is 86.7 Å². The zero-order chi connectivity index (χ0) is 10.1. The van der Waals surface area contributed by atoms with Crippen LogP contribution in [-0.2, 0) is 0 Å². The fourth-order valence-electron chi connectivity index (χ4n) is 1.46. The number of nitrogen functional groups attached to an aromatic ring is 1. The zero-order valence-corrected chi connectivity index (χ0v) is 8.93. The van der Waals surface area contributed by atoms with Gasteiger partial charge in [-0.3, -0.25) is 0 Å². The van der Waals surface area contributed by atoms with Crippen molar-refractivity contribution in [3.63, 3.8) is 0 Å². The van der Waals surface area contributed by atoms with E-state index in [9.17, 15) is 0 Å². The maximum absolute atomic E-state index is 5.87. The van der Waals surface area contributed by atoms with Crippen LogP contribution >= 0.6 is 11.8 Å². The molecule has 0 saturated heterocycles. The molecule has 0 aliphatic heterocycles. The summed E-state index contributed by atoms with van der Waals surface area (Å²) in [7, 11) is 0. The summed E-state index contributed by atoms with van der Waals surface area (Å²) in [5.74, 6) is 0.567. The molecule has 0 bridgehead atoms. The van der Waals surface area contributed by atoms with Gasteiger partial charge in [0, 0.05) is 5.39 Å². The number of hydrogen-bond donors (Lipinski definition) is 1. The molecule has 0 aliphatic carbocycles. The average molecular weight is 205 g/mol. The second-order valence-electron chi connectivity index (χ2n) is 3.06. The molecule has 72 valence electrons. The first-order chi connectivity index (χ1) is 6.72. The predicted molar refractivity (Wildman–Crippen MR) is 60.5 cm³/mol. The summed E-state index contributed by atoms with van der Waals surface area (Å²) >= 11 is 1.50. The van der Waals surface area contributed by atoms with Crippen molar-refractivity contribution in [2.24, 2.45) is 0 Å². The molecule has 0 saturated carbocycles. The molecule has 0 aliphatic rings. The first-order valence-corrected chi connectivity index (χ1v) is 5.51. The number of aromatic nitrogens is 2. The SMILES string of the molecule is CSc1nc(N)c2c(C)cccc2n1. The van der Waals surface area contributed by atoms with Crippen molar-refractivity contribution in [1.29, 1.82) is 0 Å². The summed E-state index contributed by atoms with van der Waals surface area (Å²) in [5.41, 5.74) is 7.91. The van der Waals surface area contributed by atoms with Gasteiger partial charge in [0.1, 0.15) is 5.82 Å². The minimum atomic E-state index is 0.567. The average Bonchev–Trinajstić information content (AvgIpc) is 2.17. The van der Waals surface area contributed by atoms with Gasteiger partial charge in [-0.2, -0.15) is 0 Å². The lowest BCUT2D eigenvalue weighted by molar-refractivity contribution is 1.01. The number of benzene rings is 1. The second kappa shape index (κ2) is 3.46. The molecule has 2 aromatic rings. The van der Waals surface area contributed by atoms with Crippen LogP contribution in [0, 0.1) is 6.92 Å². The van der Waals surface area contributed by atoms with Crippen LogP contribution in [-0.4, -0.2) is 16.2 Å². The molecule has 2 N–H and O–H groups in total. The lowest BCUT2D eigenvalue weighted by atomic mass is 10.1. The lowest BCUT2D eigenvalue weighted by Gasteiger charge is -2.05. The largest absolute Gasteiger partial charge is 0.383 e. The van der Waals surface area contributed by atoms with Crippen molar-refractivity contribution in [2.75, 3.05) is 12.0 Å². The van der Waals surface area contributed by atoms with E-state index in [-0.39, 0.29) is 0 Å². The number of anilines is 1. The van der Waals surface area contributed by atoms with E-state index >= 15 is 0 Å². The molecule has 0 radical (unpaired) electrons. The standard InChI is InChI=1S/C10H11N3S/c1-6-4-3-5-7-8(6)9(11)13-10(12-7)14-2/h3-5H,1-2H3,(H2,11,12,13). The quantitative estimate of drug-likeness (QED) is 0.573. The molecule has 0 fully saturated rings. The Morgan fingerprint density at radius 1 is 1.29 bits per heavy atom. The molecule has 3 nitrogen and oxygen atoms in total. The Hall–Kier alpha value is -1.29. The van der Waals surface area contributed by atoms with Gasteiger partial charge in [0.2, 0.25) is 0 Å². The van der Waals surface area contributed by atoms with Crippen LogP contribution in [0.2, 0.25) is 0 Å². The highest BCUT2D eigenvalue weighted by Crippen LogP contribution is 2.23. The summed E-state index contributed by atoms with van der Waals surface area (Å²) in [6.07, 6.45) is 1.94. The summed E-state index contributed by atoms with van der Waals surface area (Å²) in [4.78, 5) is 8.60. The van der Waals surface area contributed by atoms with E-state index < -0.39 is 0 Å². The number of aryl methyl sites for hydroxylation is 1. The van der Waals surface area contributed by atoms with Crippen LogP contribution in [0.4, 0.5) is 5.82 Å². The second-order valence-corrected chi connectivity index (χ2v) is 3.84. The summed E-state index contributed by atoms with van der Waals surface area (Å²) in [6, 6.07) is 5.95. The Balaban J connectivity index is 2.83.